The SMILES string of the molecule is CNC(COc1cccc([N+](=O)[O-])c1C)(C(=O)O)C1CC1. The van der Waals surface area contributed by atoms with Crippen LogP contribution in [0, 0.1) is 23.0 Å². The van der Waals surface area contributed by atoms with Gasteiger partial charge in [0.2, 0.25) is 0 Å². The molecule has 0 amide bonds. The third kappa shape index (κ3) is 2.82. The Labute approximate surface area is 122 Å². The van der Waals surface area contributed by atoms with Gasteiger partial charge in [-0.2, -0.15) is 0 Å². The molecule has 0 aliphatic heterocycles. The second-order valence-corrected chi connectivity index (χ2v) is 5.25. The second kappa shape index (κ2) is 5.69. The van der Waals surface area contributed by atoms with Gasteiger partial charge in [-0.05, 0) is 38.8 Å². The minimum absolute atomic E-state index is 0.0269. The third-order valence-electron chi connectivity index (χ3n) is 4.01. The molecular weight excluding hydrogens is 276 g/mol. The van der Waals surface area contributed by atoms with Gasteiger partial charge in [0.05, 0.1) is 10.5 Å². The van der Waals surface area contributed by atoms with Gasteiger partial charge >= 0.3 is 5.97 Å². The van der Waals surface area contributed by atoms with E-state index >= 15 is 0 Å². The van der Waals surface area contributed by atoms with Gasteiger partial charge in [-0.3, -0.25) is 14.9 Å². The normalized spacial score (nSPS) is 17.0. The number of carboxylic acids is 1. The summed E-state index contributed by atoms with van der Waals surface area (Å²) in [6, 6.07) is 4.53. The van der Waals surface area contributed by atoms with Crippen molar-refractivity contribution in [3.05, 3.63) is 33.9 Å². The molecular formula is C14H18N2O5. The standard InChI is InChI=1S/C14H18N2O5/c1-9-11(16(19)20)4-3-5-12(9)21-8-14(15-2,13(17)18)10-6-7-10/h3-5,10,15H,6-8H2,1-2H3,(H,17,18). The highest BCUT2D eigenvalue weighted by atomic mass is 16.6. The molecule has 114 valence electrons. The van der Waals surface area contributed by atoms with Crippen LogP contribution in [0.4, 0.5) is 5.69 Å². The van der Waals surface area contributed by atoms with E-state index in [4.69, 9.17) is 4.74 Å². The quantitative estimate of drug-likeness (QED) is 0.586. The minimum Gasteiger partial charge on any atom is -0.490 e. The molecule has 0 spiro atoms. The zero-order chi connectivity index (χ0) is 15.6. The highest BCUT2D eigenvalue weighted by Gasteiger charge is 2.51. The fourth-order valence-electron chi connectivity index (χ4n) is 2.46. The summed E-state index contributed by atoms with van der Waals surface area (Å²) >= 11 is 0. The third-order valence-corrected chi connectivity index (χ3v) is 4.01. The van der Waals surface area contributed by atoms with Crippen molar-refractivity contribution in [1.29, 1.82) is 0 Å². The van der Waals surface area contributed by atoms with E-state index in [1.807, 2.05) is 0 Å². The van der Waals surface area contributed by atoms with Gasteiger partial charge in [-0.1, -0.05) is 6.07 Å². The van der Waals surface area contributed by atoms with Crippen molar-refractivity contribution in [3.8, 4) is 5.75 Å². The van der Waals surface area contributed by atoms with Crippen molar-refractivity contribution in [2.24, 2.45) is 5.92 Å². The lowest BCUT2D eigenvalue weighted by atomic mass is 9.94. The molecule has 0 saturated heterocycles. The lowest BCUT2D eigenvalue weighted by Crippen LogP contribution is -2.56. The Kier molecular flexibility index (Phi) is 4.13. The number of likely N-dealkylation sites (N-methyl/N-ethyl adjacent to an activating group) is 1. The van der Waals surface area contributed by atoms with Crippen LogP contribution in [0.2, 0.25) is 0 Å². The van der Waals surface area contributed by atoms with Crippen molar-refractivity contribution in [1.82, 2.24) is 5.32 Å². The fraction of sp³-hybridized carbons (Fsp3) is 0.500. The van der Waals surface area contributed by atoms with Gasteiger partial charge in [0.15, 0.2) is 5.54 Å². The van der Waals surface area contributed by atoms with Crippen LogP contribution in [0.5, 0.6) is 5.75 Å². The van der Waals surface area contributed by atoms with Gasteiger partial charge in [0.25, 0.3) is 5.69 Å². The summed E-state index contributed by atoms with van der Waals surface area (Å²) < 4.78 is 5.60. The number of carbonyl (C=O) groups is 1. The van der Waals surface area contributed by atoms with Crippen LogP contribution in [0.1, 0.15) is 18.4 Å². The molecule has 7 nitrogen and oxygen atoms in total. The van der Waals surface area contributed by atoms with Crippen LogP contribution in [0.3, 0.4) is 0 Å². The van der Waals surface area contributed by atoms with E-state index in [1.54, 1.807) is 20.0 Å². The summed E-state index contributed by atoms with van der Waals surface area (Å²) in [7, 11) is 1.59. The van der Waals surface area contributed by atoms with Gasteiger partial charge in [0.1, 0.15) is 12.4 Å². The van der Waals surface area contributed by atoms with Crippen LogP contribution in [-0.2, 0) is 4.79 Å². The maximum Gasteiger partial charge on any atom is 0.327 e. The van der Waals surface area contributed by atoms with E-state index < -0.39 is 16.4 Å². The van der Waals surface area contributed by atoms with E-state index in [0.29, 0.717) is 11.3 Å². The average molecular weight is 294 g/mol. The maximum atomic E-state index is 11.6. The zero-order valence-corrected chi connectivity index (χ0v) is 12.0. The molecule has 21 heavy (non-hydrogen) atoms. The minimum atomic E-state index is -1.14. The monoisotopic (exact) mass is 294 g/mol. The predicted molar refractivity (Wildman–Crippen MR) is 75.5 cm³/mol. The van der Waals surface area contributed by atoms with E-state index in [2.05, 4.69) is 5.32 Å². The number of nitro groups is 1. The van der Waals surface area contributed by atoms with Gasteiger partial charge in [0, 0.05) is 6.07 Å². The van der Waals surface area contributed by atoms with Crippen LogP contribution < -0.4 is 10.1 Å². The molecule has 0 bridgehead atoms. The van der Waals surface area contributed by atoms with E-state index in [9.17, 15) is 20.0 Å². The number of hydrogen-bond donors (Lipinski definition) is 2. The van der Waals surface area contributed by atoms with E-state index in [-0.39, 0.29) is 18.2 Å². The fourth-order valence-corrected chi connectivity index (χ4v) is 2.46. The Morgan fingerprint density at radius 1 is 1.57 bits per heavy atom. The molecule has 2 rings (SSSR count). The van der Waals surface area contributed by atoms with Crippen LogP contribution >= 0.6 is 0 Å². The first-order valence-electron chi connectivity index (χ1n) is 6.71. The summed E-state index contributed by atoms with van der Waals surface area (Å²) in [4.78, 5) is 22.0. The number of aliphatic carboxylic acids is 1. The first kappa shape index (κ1) is 15.2. The number of ether oxygens (including phenoxy) is 1. The van der Waals surface area contributed by atoms with Crippen molar-refractivity contribution in [3.63, 3.8) is 0 Å². The summed E-state index contributed by atoms with van der Waals surface area (Å²) in [5.41, 5.74) is -0.783. The number of carboxylic acid groups (broad SMARTS) is 1. The second-order valence-electron chi connectivity index (χ2n) is 5.25. The molecule has 1 aliphatic rings. The molecule has 0 aromatic heterocycles. The predicted octanol–water partition coefficient (Wildman–Crippen LogP) is 1.73. The van der Waals surface area contributed by atoms with Crippen molar-refractivity contribution < 1.29 is 19.6 Å². The molecule has 1 unspecified atom stereocenters. The highest BCUT2D eigenvalue weighted by Crippen LogP contribution is 2.40. The van der Waals surface area contributed by atoms with Crippen molar-refractivity contribution >= 4 is 11.7 Å². The highest BCUT2D eigenvalue weighted by molar-refractivity contribution is 5.80. The van der Waals surface area contributed by atoms with Crippen molar-refractivity contribution in [2.75, 3.05) is 13.7 Å². The lowest BCUT2D eigenvalue weighted by Gasteiger charge is -2.29. The molecule has 1 saturated carbocycles. The molecule has 0 heterocycles. The summed E-state index contributed by atoms with van der Waals surface area (Å²) in [6.45, 7) is 1.53. The Morgan fingerprint density at radius 3 is 2.71 bits per heavy atom. The Hall–Kier alpha value is -2.15. The molecule has 1 atom stereocenters. The topological polar surface area (TPSA) is 102 Å². The number of nitro benzene ring substituents is 1. The smallest absolute Gasteiger partial charge is 0.327 e. The van der Waals surface area contributed by atoms with Gasteiger partial charge < -0.3 is 15.2 Å². The van der Waals surface area contributed by atoms with Crippen molar-refractivity contribution in [2.45, 2.75) is 25.3 Å². The molecule has 0 radical (unpaired) electrons. The molecule has 1 fully saturated rings. The van der Waals surface area contributed by atoms with Crippen LogP contribution in [-0.4, -0.2) is 35.2 Å². The molecule has 1 aliphatic carbocycles. The number of rotatable bonds is 7. The van der Waals surface area contributed by atoms with Crippen LogP contribution in [0.25, 0.3) is 0 Å². The first-order valence-corrected chi connectivity index (χ1v) is 6.71. The summed E-state index contributed by atoms with van der Waals surface area (Å²) in [6.07, 6.45) is 1.68. The van der Waals surface area contributed by atoms with E-state index in [1.165, 1.54) is 12.1 Å². The van der Waals surface area contributed by atoms with Gasteiger partial charge in [-0.25, -0.2) is 0 Å². The largest absolute Gasteiger partial charge is 0.490 e. The first-order chi connectivity index (χ1) is 9.92. The lowest BCUT2D eigenvalue weighted by molar-refractivity contribution is -0.385. The van der Waals surface area contributed by atoms with E-state index in [0.717, 1.165) is 12.8 Å². The Balaban J connectivity index is 2.20. The number of nitrogens with one attached hydrogen (secondary N) is 1. The summed E-state index contributed by atoms with van der Waals surface area (Å²) in [5, 5.41) is 23.2. The number of nitrogens with zero attached hydrogens (tertiary/aromatic N) is 1. The molecule has 1 aromatic rings. The summed E-state index contributed by atoms with van der Waals surface area (Å²) in [5.74, 6) is -0.597. The Bertz CT molecular complexity index is 570. The molecule has 7 heteroatoms. The van der Waals surface area contributed by atoms with Gasteiger partial charge in [-0.15, -0.1) is 0 Å². The number of benzene rings is 1. The molecule has 2 N–H and O–H groups in total. The number of hydrogen-bond acceptors (Lipinski definition) is 5. The van der Waals surface area contributed by atoms with Crippen LogP contribution in [0.15, 0.2) is 18.2 Å². The zero-order valence-electron chi connectivity index (χ0n) is 12.0. The maximum absolute atomic E-state index is 11.6. The Morgan fingerprint density at radius 2 is 2.24 bits per heavy atom. The molecule has 1 aromatic carbocycles. The average Bonchev–Trinajstić information content (AvgIpc) is 3.26.